The van der Waals surface area contributed by atoms with Crippen molar-refractivity contribution in [2.24, 2.45) is 0 Å². The van der Waals surface area contributed by atoms with E-state index >= 15 is 0 Å². The van der Waals surface area contributed by atoms with Gasteiger partial charge in [-0.3, -0.25) is 0 Å². The fraction of sp³-hybridized carbons (Fsp3) is 1.00. The average molecular weight is 269 g/mol. The van der Waals surface area contributed by atoms with E-state index in [1.165, 1.54) is 83.8 Å². The monoisotopic (exact) mass is 268 g/mol. The van der Waals surface area contributed by atoms with E-state index < -0.39 is 0 Å². The van der Waals surface area contributed by atoms with Crippen molar-refractivity contribution in [3.8, 4) is 0 Å². The van der Waals surface area contributed by atoms with Crippen LogP contribution in [0.4, 0.5) is 0 Å². The van der Waals surface area contributed by atoms with Gasteiger partial charge in [0.05, 0.1) is 0 Å². The van der Waals surface area contributed by atoms with Gasteiger partial charge in [-0.2, -0.15) is 0 Å². The molecule has 0 fully saturated rings. The van der Waals surface area contributed by atoms with Crippen molar-refractivity contribution in [1.82, 2.24) is 5.32 Å². The Morgan fingerprint density at radius 3 is 1.47 bits per heavy atom. The Morgan fingerprint density at radius 1 is 0.733 bits per heavy atom. The molecule has 15 heavy (non-hydrogen) atoms. The van der Waals surface area contributed by atoms with Gasteiger partial charge in [-0.1, -0.05) is 52.4 Å². The first-order chi connectivity index (χ1) is 7.41. The van der Waals surface area contributed by atoms with E-state index in [-0.39, 0.29) is 0 Å². The molecule has 0 aromatic heterocycles. The van der Waals surface area contributed by atoms with Crippen molar-refractivity contribution >= 4 is 9.30 Å². The molecule has 0 aromatic rings. The Labute approximate surface area is 112 Å². The normalized spacial score (nSPS) is 9.47. The summed E-state index contributed by atoms with van der Waals surface area (Å²) in [6.45, 7) is 6.98. The van der Waals surface area contributed by atoms with Crippen molar-refractivity contribution in [2.75, 3.05) is 13.1 Å². The molecule has 91 valence electrons. The first-order valence-electron chi connectivity index (χ1n) is 6.31. The van der Waals surface area contributed by atoms with Crippen LogP contribution >= 0.6 is 9.30 Å². The molecule has 3 heteroatoms. The molecular weight excluding hydrogens is 241 g/mol. The fourth-order valence-corrected chi connectivity index (χ4v) is 1.48. The van der Waals surface area contributed by atoms with Gasteiger partial charge in [-0.25, -0.2) is 0 Å². The van der Waals surface area contributed by atoms with Gasteiger partial charge in [0.25, 0.3) is 0 Å². The van der Waals surface area contributed by atoms with Crippen molar-refractivity contribution in [1.29, 1.82) is 0 Å². The predicted octanol–water partition coefficient (Wildman–Crippen LogP) is 4.42. The van der Waals surface area contributed by atoms with Crippen LogP contribution in [-0.2, 0) is 19.4 Å². The summed E-state index contributed by atoms with van der Waals surface area (Å²) in [5.41, 5.74) is 0. The van der Waals surface area contributed by atoms with Crippen molar-refractivity contribution in [3.63, 3.8) is 0 Å². The molecule has 0 aliphatic carbocycles. The van der Waals surface area contributed by atoms with Gasteiger partial charge >= 0.3 is 28.7 Å². The van der Waals surface area contributed by atoms with Crippen LogP contribution in [0.5, 0.6) is 0 Å². The van der Waals surface area contributed by atoms with E-state index in [0.29, 0.717) is 0 Å². The minimum atomic E-state index is 1.23. The predicted molar refractivity (Wildman–Crippen MR) is 67.0 cm³/mol. The van der Waals surface area contributed by atoms with Crippen LogP contribution in [-0.4, -0.2) is 13.1 Å². The van der Waals surface area contributed by atoms with Crippen LogP contribution in [0.15, 0.2) is 0 Å². The average Bonchev–Trinajstić information content (AvgIpc) is 2.30. The number of unbranched alkanes of at least 4 members (excludes halogenated alkanes) is 6. The standard InChI is InChI=1S/C12H27N.ClH.Ti/c1-3-5-7-9-11-13-12-10-8-6-4-2;;/h13H,3-12H2,1-2H3;1H;/q;;+1/p-1. The zero-order chi connectivity index (χ0) is 11.8. The summed E-state index contributed by atoms with van der Waals surface area (Å²) in [6.07, 6.45) is 11.0. The Morgan fingerprint density at radius 2 is 1.13 bits per heavy atom. The second kappa shape index (κ2) is 20.4. The minimum absolute atomic E-state index is 1.23. The molecular formula is C12H27ClNTi. The summed E-state index contributed by atoms with van der Waals surface area (Å²) in [4.78, 5) is 0. The number of nitrogens with one attached hydrogen (secondary N) is 1. The molecule has 0 radical (unpaired) electrons. The molecule has 0 unspecified atom stereocenters. The molecule has 0 heterocycles. The third kappa shape index (κ3) is 20.9. The summed E-state index contributed by atoms with van der Waals surface area (Å²) < 4.78 is 0. The van der Waals surface area contributed by atoms with Gasteiger partial charge in [0.1, 0.15) is 0 Å². The Hall–Kier alpha value is 0.964. The van der Waals surface area contributed by atoms with E-state index in [9.17, 15) is 0 Å². The van der Waals surface area contributed by atoms with E-state index in [0.717, 1.165) is 0 Å². The van der Waals surface area contributed by atoms with Gasteiger partial charge in [0.15, 0.2) is 0 Å². The molecule has 0 amide bonds. The Balaban J connectivity index is 0. The van der Waals surface area contributed by atoms with Gasteiger partial charge in [0.2, 0.25) is 0 Å². The molecule has 1 N–H and O–H groups in total. The van der Waals surface area contributed by atoms with Crippen LogP contribution in [0, 0.1) is 0 Å². The Bertz CT molecular complexity index is 81.7. The fourth-order valence-electron chi connectivity index (χ4n) is 1.48. The number of halogens is 1. The third-order valence-electron chi connectivity index (χ3n) is 2.41. The molecule has 0 aliphatic heterocycles. The van der Waals surface area contributed by atoms with Gasteiger partial charge in [-0.05, 0) is 25.9 Å². The zero-order valence-electron chi connectivity index (χ0n) is 10.4. The van der Waals surface area contributed by atoms with E-state index in [2.05, 4.69) is 28.5 Å². The molecule has 0 saturated heterocycles. The van der Waals surface area contributed by atoms with E-state index in [1.807, 2.05) is 0 Å². The van der Waals surface area contributed by atoms with E-state index in [4.69, 9.17) is 0 Å². The zero-order valence-corrected chi connectivity index (χ0v) is 12.8. The molecule has 0 rings (SSSR count). The summed E-state index contributed by atoms with van der Waals surface area (Å²) in [5.74, 6) is 0. The molecule has 0 aliphatic rings. The second-order valence-corrected chi connectivity index (χ2v) is 3.87. The topological polar surface area (TPSA) is 12.0 Å². The first kappa shape index (κ1) is 18.3. The molecule has 0 aromatic carbocycles. The maximum absolute atomic E-state index is 4.64. The summed E-state index contributed by atoms with van der Waals surface area (Å²) in [7, 11) is 4.64. The second-order valence-electron chi connectivity index (χ2n) is 3.87. The molecule has 0 atom stereocenters. The van der Waals surface area contributed by atoms with Crippen LogP contribution in [0.3, 0.4) is 0 Å². The van der Waals surface area contributed by atoms with Crippen LogP contribution < -0.4 is 5.32 Å². The SMILES string of the molecule is CCCCCCNCCCCCC.[Cl][Ti]. The summed E-state index contributed by atoms with van der Waals surface area (Å²) in [6, 6.07) is 0. The molecule has 0 spiro atoms. The number of hydrogen-bond donors (Lipinski definition) is 1. The summed E-state index contributed by atoms with van der Waals surface area (Å²) >= 11 is 1.47. The molecule has 0 saturated carbocycles. The van der Waals surface area contributed by atoms with E-state index in [1.54, 1.807) is 0 Å². The van der Waals surface area contributed by atoms with Crippen LogP contribution in [0.25, 0.3) is 0 Å². The van der Waals surface area contributed by atoms with Gasteiger partial charge in [0, 0.05) is 0 Å². The van der Waals surface area contributed by atoms with Crippen molar-refractivity contribution in [2.45, 2.75) is 65.2 Å². The van der Waals surface area contributed by atoms with Crippen molar-refractivity contribution < 1.29 is 19.4 Å². The maximum atomic E-state index is 4.64. The number of rotatable bonds is 10. The van der Waals surface area contributed by atoms with Crippen LogP contribution in [0.1, 0.15) is 65.2 Å². The molecule has 1 nitrogen and oxygen atoms in total. The number of hydrogen-bond acceptors (Lipinski definition) is 1. The molecule has 0 bridgehead atoms. The quantitative estimate of drug-likeness (QED) is 0.457. The van der Waals surface area contributed by atoms with Gasteiger partial charge < -0.3 is 5.32 Å². The van der Waals surface area contributed by atoms with Gasteiger partial charge in [-0.15, -0.1) is 0 Å². The van der Waals surface area contributed by atoms with Crippen LogP contribution in [0.2, 0.25) is 0 Å². The van der Waals surface area contributed by atoms with Crippen molar-refractivity contribution in [3.05, 3.63) is 0 Å². The first-order valence-corrected chi connectivity index (χ1v) is 8.46. The summed E-state index contributed by atoms with van der Waals surface area (Å²) in [5, 5.41) is 3.50. The third-order valence-corrected chi connectivity index (χ3v) is 2.41. The Kier molecular flexibility index (Phi) is 24.9.